The molecule has 18 atom stereocenters. The van der Waals surface area contributed by atoms with Gasteiger partial charge in [-0.3, -0.25) is 9.59 Å². The van der Waals surface area contributed by atoms with Crippen molar-refractivity contribution in [3.63, 3.8) is 0 Å². The smallest absolute Gasteiger partial charge is 0.307 e. The van der Waals surface area contributed by atoms with Crippen molar-refractivity contribution < 1.29 is 52.6 Å². The monoisotopic (exact) mass is 787 g/mol. The van der Waals surface area contributed by atoms with Crippen molar-refractivity contribution in [2.24, 2.45) is 35.5 Å². The Morgan fingerprint density at radius 1 is 0.875 bits per heavy atom. The Kier molecular flexibility index (Phi) is 14.7. The number of hydrogen-bond donors (Lipinski definition) is 1. The lowest BCUT2D eigenvalue weighted by Gasteiger charge is -2.44. The zero-order valence-corrected chi connectivity index (χ0v) is 35.3. The average Bonchev–Trinajstić information content (AvgIpc) is 3.68. The van der Waals surface area contributed by atoms with Crippen LogP contribution in [0.3, 0.4) is 0 Å². The molecule has 0 aromatic rings. The Morgan fingerprint density at radius 3 is 2.27 bits per heavy atom. The van der Waals surface area contributed by atoms with Gasteiger partial charge < -0.3 is 47.9 Å². The predicted molar refractivity (Wildman–Crippen MR) is 209 cm³/mol. The molecule has 4 fully saturated rings. The number of rotatable bonds is 10. The van der Waals surface area contributed by atoms with Crippen LogP contribution in [0, 0.1) is 35.5 Å². The SMILES string of the molecule is CC/C=C/[C@H]1CCC[C@H](O[C@H]2CC[C@H](N(C)C)[C@@H](C)O2)[C@@H](C)C(=O)C2=C[C@@H]3[C@@H](C=C(C)[C@@H]4[C@H](O)[C@@H](O[C@@H]5O[C@@H](C)[C@H](OC)[C@@H](OC)[C@H]5OC)C[C@@H]34)[C@@H]2CC(=O)O1. The third-order valence-corrected chi connectivity index (χ3v) is 13.8. The summed E-state index contributed by atoms with van der Waals surface area (Å²) >= 11 is 0. The van der Waals surface area contributed by atoms with Gasteiger partial charge in [-0.1, -0.05) is 37.6 Å². The molecule has 3 saturated heterocycles. The molecule has 3 heterocycles. The van der Waals surface area contributed by atoms with Gasteiger partial charge in [0.15, 0.2) is 18.4 Å². The van der Waals surface area contributed by atoms with Crippen LogP contribution >= 0.6 is 0 Å². The molecule has 12 nitrogen and oxygen atoms in total. The number of hydrogen-bond acceptors (Lipinski definition) is 12. The quantitative estimate of drug-likeness (QED) is 0.225. The van der Waals surface area contributed by atoms with E-state index < -0.39 is 42.9 Å². The van der Waals surface area contributed by atoms with Crippen LogP contribution in [-0.2, 0) is 47.5 Å². The number of Topliss-reactive ketones (excluding diaryl/α,β-unsaturated/α-hetero) is 1. The number of allylic oxidation sites excluding steroid dienone is 4. The second-order valence-electron chi connectivity index (χ2n) is 17.4. The Bertz CT molecular complexity index is 1450. The predicted octanol–water partition coefficient (Wildman–Crippen LogP) is 5.40. The van der Waals surface area contributed by atoms with Gasteiger partial charge >= 0.3 is 5.97 Å². The number of carbonyl (C=O) groups is 2. The Balaban J connectivity index is 1.27. The van der Waals surface area contributed by atoms with E-state index in [1.807, 2.05) is 19.9 Å². The fourth-order valence-electron chi connectivity index (χ4n) is 10.9. The zero-order valence-electron chi connectivity index (χ0n) is 35.3. The fraction of sp³-hybridized carbons (Fsp3) is 0.818. The summed E-state index contributed by atoms with van der Waals surface area (Å²) in [6, 6.07) is 0.309. The molecule has 1 N–H and O–H groups in total. The van der Waals surface area contributed by atoms with Gasteiger partial charge in [0.25, 0.3) is 0 Å². The van der Waals surface area contributed by atoms with E-state index >= 15 is 0 Å². The number of aliphatic hydroxyl groups excluding tert-OH is 1. The molecule has 6 rings (SSSR count). The summed E-state index contributed by atoms with van der Waals surface area (Å²) in [4.78, 5) is 30.8. The summed E-state index contributed by atoms with van der Waals surface area (Å²) in [6.45, 7) is 10.1. The van der Waals surface area contributed by atoms with Gasteiger partial charge in [-0.2, -0.15) is 0 Å². The van der Waals surface area contributed by atoms with Gasteiger partial charge in [-0.05, 0) is 109 Å². The number of cyclic esters (lactones) is 1. The van der Waals surface area contributed by atoms with Crippen molar-refractivity contribution in [1.82, 2.24) is 4.90 Å². The van der Waals surface area contributed by atoms with Gasteiger partial charge in [-0.15, -0.1) is 0 Å². The van der Waals surface area contributed by atoms with Crippen LogP contribution in [0.25, 0.3) is 0 Å². The molecule has 56 heavy (non-hydrogen) atoms. The van der Waals surface area contributed by atoms with E-state index in [2.05, 4.69) is 58.0 Å². The zero-order chi connectivity index (χ0) is 40.4. The molecular weight excluding hydrogens is 718 g/mol. The first-order valence-corrected chi connectivity index (χ1v) is 21.2. The van der Waals surface area contributed by atoms with Gasteiger partial charge in [0.1, 0.15) is 24.4 Å². The summed E-state index contributed by atoms with van der Waals surface area (Å²) in [5.74, 6) is -1.44. The first-order valence-electron chi connectivity index (χ1n) is 21.2. The van der Waals surface area contributed by atoms with Crippen molar-refractivity contribution in [3.05, 3.63) is 35.5 Å². The van der Waals surface area contributed by atoms with E-state index in [1.54, 1.807) is 21.3 Å². The minimum atomic E-state index is -0.798. The molecule has 0 aromatic heterocycles. The maximum atomic E-state index is 14.8. The number of methoxy groups -OCH3 is 3. The normalized spacial score (nSPS) is 45.0. The van der Waals surface area contributed by atoms with Gasteiger partial charge in [0.05, 0.1) is 36.9 Å². The van der Waals surface area contributed by atoms with Crippen LogP contribution in [0.15, 0.2) is 35.5 Å². The van der Waals surface area contributed by atoms with Crippen LogP contribution in [0.1, 0.15) is 86.0 Å². The number of aliphatic hydroxyl groups is 1. The van der Waals surface area contributed by atoms with E-state index in [0.717, 1.165) is 31.3 Å². The van der Waals surface area contributed by atoms with Crippen LogP contribution in [0.5, 0.6) is 0 Å². The summed E-state index contributed by atoms with van der Waals surface area (Å²) in [5.41, 5.74) is 1.72. The van der Waals surface area contributed by atoms with Crippen molar-refractivity contribution in [1.29, 1.82) is 0 Å². The minimum Gasteiger partial charge on any atom is -0.458 e. The highest BCUT2D eigenvalue weighted by Crippen LogP contribution is 2.56. The lowest BCUT2D eigenvalue weighted by atomic mass is 9.67. The van der Waals surface area contributed by atoms with Gasteiger partial charge in [0, 0.05) is 45.1 Å². The summed E-state index contributed by atoms with van der Waals surface area (Å²) < 4.78 is 49.6. The highest BCUT2D eigenvalue weighted by Gasteiger charge is 2.56. The van der Waals surface area contributed by atoms with Gasteiger partial charge in [-0.25, -0.2) is 0 Å². The standard InChI is InChI=1S/C44H69NO11/c1-11-12-14-27-15-13-16-34(55-37-18-17-33(45(6)7)25(4)52-37)24(3)39(47)32-20-29-28(30(32)22-36(46)54-27)19-23(2)38-31(29)21-35(40(38)48)56-44-43(51-10)42(50-9)41(49-8)26(5)53-44/h12,14,19-20,24-31,33-35,37-38,40-44,48H,11,13,15-18,21-22H2,1-10H3/b14-12+/t24-,25-,26+,27+,28-,29-,30+,31+,33+,34+,35+,37+,38+,40-,41+,42-,43-,44+/m1/s1. The van der Waals surface area contributed by atoms with Crippen molar-refractivity contribution in [3.8, 4) is 0 Å². The molecule has 0 unspecified atom stereocenters. The minimum absolute atomic E-state index is 0.00343. The highest BCUT2D eigenvalue weighted by molar-refractivity contribution is 5.99. The second kappa shape index (κ2) is 18.9. The molecule has 0 radical (unpaired) electrons. The molecule has 316 valence electrons. The van der Waals surface area contributed by atoms with E-state index in [9.17, 15) is 14.7 Å². The highest BCUT2D eigenvalue weighted by atomic mass is 16.7. The third-order valence-electron chi connectivity index (χ3n) is 13.8. The molecule has 12 heteroatoms. The van der Waals surface area contributed by atoms with E-state index in [1.165, 1.54) is 0 Å². The maximum absolute atomic E-state index is 14.8. The number of likely N-dealkylation sites (N-methyl/N-ethyl adjacent to an activating group) is 1. The van der Waals surface area contributed by atoms with Crippen LogP contribution < -0.4 is 0 Å². The fourth-order valence-corrected chi connectivity index (χ4v) is 10.9. The topological polar surface area (TPSA) is 131 Å². The second-order valence-corrected chi connectivity index (χ2v) is 17.4. The van der Waals surface area contributed by atoms with E-state index in [4.69, 9.17) is 37.9 Å². The lowest BCUT2D eigenvalue weighted by Crippen LogP contribution is -2.60. The summed E-state index contributed by atoms with van der Waals surface area (Å²) in [5, 5.41) is 11.9. The van der Waals surface area contributed by atoms with Crippen molar-refractivity contribution in [2.45, 2.75) is 160 Å². The van der Waals surface area contributed by atoms with Crippen molar-refractivity contribution in [2.75, 3.05) is 35.4 Å². The van der Waals surface area contributed by atoms with E-state index in [-0.39, 0.29) is 78.3 Å². The molecule has 6 aliphatic rings. The molecule has 3 aliphatic carbocycles. The van der Waals surface area contributed by atoms with Crippen molar-refractivity contribution >= 4 is 11.8 Å². The molecule has 0 aromatic carbocycles. The lowest BCUT2D eigenvalue weighted by molar-refractivity contribution is -0.319. The number of carbonyl (C=O) groups excluding carboxylic acids is 2. The van der Waals surface area contributed by atoms with E-state index in [0.29, 0.717) is 30.9 Å². The van der Waals surface area contributed by atoms with Crippen LogP contribution in [0.2, 0.25) is 0 Å². The third kappa shape index (κ3) is 8.94. The molecule has 3 aliphatic heterocycles. The average molecular weight is 788 g/mol. The summed E-state index contributed by atoms with van der Waals surface area (Å²) in [7, 11) is 8.99. The molecular formula is C44H69NO11. The number of fused-ring (bicyclic) bond motifs is 5. The molecule has 0 spiro atoms. The molecule has 1 saturated carbocycles. The number of ketones is 1. The number of esters is 1. The largest absolute Gasteiger partial charge is 0.458 e. The Morgan fingerprint density at radius 2 is 1.61 bits per heavy atom. The Labute approximate surface area is 334 Å². The number of ether oxygens (including phenoxy) is 8. The first kappa shape index (κ1) is 43.6. The Hall–Kier alpha value is -2.00. The molecule has 0 bridgehead atoms. The van der Waals surface area contributed by atoms with Gasteiger partial charge in [0.2, 0.25) is 0 Å². The first-order chi connectivity index (χ1) is 26.8. The maximum Gasteiger partial charge on any atom is 0.307 e. The molecule has 0 amide bonds. The number of nitrogens with zero attached hydrogens (tertiary/aromatic N) is 1. The van der Waals surface area contributed by atoms with Crippen LogP contribution in [0.4, 0.5) is 0 Å². The summed E-state index contributed by atoms with van der Waals surface area (Å²) in [6.07, 6.45) is 8.73. The van der Waals surface area contributed by atoms with Crippen LogP contribution in [-0.4, -0.2) is 131 Å².